The number of rotatable bonds is 2. The molecule has 0 spiro atoms. The Hall–Kier alpha value is -0.610. The van der Waals surface area contributed by atoms with Gasteiger partial charge in [-0.05, 0) is 0 Å². The predicted molar refractivity (Wildman–Crippen MR) is 28.6 cm³/mol. The topological polar surface area (TPSA) is 52.6 Å². The van der Waals surface area contributed by atoms with E-state index >= 15 is 0 Å². The standard InChI is InChI=1S/C5HF6O4.Na/c6-4(7,8)14-2(12)1-3(13)15-5(9,10)11;/h1H;/q-1;+1. The van der Waals surface area contributed by atoms with Gasteiger partial charge < -0.3 is 9.47 Å². The van der Waals surface area contributed by atoms with Crippen molar-refractivity contribution in [3.63, 3.8) is 0 Å². The molecule has 0 heterocycles. The number of hydrogen-bond donors (Lipinski definition) is 0. The van der Waals surface area contributed by atoms with Gasteiger partial charge in [0.1, 0.15) is 0 Å². The quantitative estimate of drug-likeness (QED) is 0.196. The van der Waals surface area contributed by atoms with Crippen molar-refractivity contribution in [2.24, 2.45) is 0 Å². The fourth-order valence-corrected chi connectivity index (χ4v) is 0.383. The van der Waals surface area contributed by atoms with Crippen LogP contribution in [-0.4, -0.2) is 24.7 Å². The van der Waals surface area contributed by atoms with Crippen molar-refractivity contribution in [1.29, 1.82) is 0 Å². The van der Waals surface area contributed by atoms with Gasteiger partial charge in [-0.25, -0.2) is 0 Å². The smallest absolute Gasteiger partial charge is 0.400 e. The fraction of sp³-hybridized carbons (Fsp3) is 0.400. The summed E-state index contributed by atoms with van der Waals surface area (Å²) in [6, 6.07) is 0. The molecule has 0 unspecified atom stereocenters. The van der Waals surface area contributed by atoms with E-state index in [4.69, 9.17) is 0 Å². The van der Waals surface area contributed by atoms with Crippen LogP contribution in [0.5, 0.6) is 0 Å². The normalized spacial score (nSPS) is 11.1. The molecule has 0 aromatic rings. The first-order valence-electron chi connectivity index (χ1n) is 2.94. The summed E-state index contributed by atoms with van der Waals surface area (Å²) in [4.78, 5) is 20.2. The molecule has 0 aliphatic rings. The van der Waals surface area contributed by atoms with Gasteiger partial charge in [-0.1, -0.05) is 0 Å². The van der Waals surface area contributed by atoms with Crippen LogP contribution in [0.1, 0.15) is 0 Å². The summed E-state index contributed by atoms with van der Waals surface area (Å²) in [5, 5.41) is 0. The van der Waals surface area contributed by atoms with Crippen molar-refractivity contribution in [2.45, 2.75) is 12.7 Å². The van der Waals surface area contributed by atoms with E-state index in [1.165, 1.54) is 0 Å². The van der Waals surface area contributed by atoms with Gasteiger partial charge in [0.2, 0.25) is 0 Å². The summed E-state index contributed by atoms with van der Waals surface area (Å²) in [6.45, 7) is 0. The molecule has 0 atom stereocenters. The third kappa shape index (κ3) is 11.5. The minimum absolute atomic E-state index is 0. The van der Waals surface area contributed by atoms with Gasteiger partial charge >= 0.3 is 42.3 Å². The van der Waals surface area contributed by atoms with Gasteiger partial charge in [-0.15, -0.1) is 26.3 Å². The molecular formula is C5HF6NaO4. The molecule has 0 aromatic heterocycles. The summed E-state index contributed by atoms with van der Waals surface area (Å²) in [6.07, 6.45) is -11.4. The Morgan fingerprint density at radius 2 is 1.06 bits per heavy atom. The van der Waals surface area contributed by atoms with Crippen molar-refractivity contribution < 1.29 is 75.0 Å². The first kappa shape index (κ1) is 17.8. The molecule has 0 aromatic carbocycles. The third-order valence-corrected chi connectivity index (χ3v) is 0.668. The van der Waals surface area contributed by atoms with Crippen molar-refractivity contribution in [1.82, 2.24) is 0 Å². The number of ether oxygens (including phenoxy) is 2. The number of carbonyl (C=O) groups excluding carboxylic acids is 2. The molecule has 0 amide bonds. The van der Waals surface area contributed by atoms with Gasteiger partial charge in [0.15, 0.2) is 11.9 Å². The summed E-state index contributed by atoms with van der Waals surface area (Å²) >= 11 is 0. The van der Waals surface area contributed by atoms with Crippen LogP contribution in [0, 0.1) is 6.42 Å². The van der Waals surface area contributed by atoms with E-state index < -0.39 is 31.1 Å². The molecule has 0 bridgehead atoms. The average Bonchev–Trinajstić information content (AvgIpc) is 1.73. The zero-order valence-electron chi connectivity index (χ0n) is 7.48. The molecule has 0 radical (unpaired) electrons. The number of hydrogen-bond acceptors (Lipinski definition) is 4. The summed E-state index contributed by atoms with van der Waals surface area (Å²) in [5.74, 6) is -4.62. The maximum Gasteiger partial charge on any atom is 1.00 e. The SMILES string of the molecule is O=C([CH-]C(=O)OC(F)(F)F)OC(F)(F)F.[Na+]. The van der Waals surface area contributed by atoms with Crippen LogP contribution in [-0.2, 0) is 19.1 Å². The van der Waals surface area contributed by atoms with Crippen LogP contribution < -0.4 is 29.6 Å². The summed E-state index contributed by atoms with van der Waals surface area (Å²) in [7, 11) is 0. The Labute approximate surface area is 106 Å². The van der Waals surface area contributed by atoms with Gasteiger partial charge in [-0.3, -0.25) is 9.59 Å². The molecule has 0 fully saturated rings. The van der Waals surface area contributed by atoms with Gasteiger partial charge in [-0.2, -0.15) is 6.42 Å². The first-order valence-corrected chi connectivity index (χ1v) is 2.94. The molecule has 0 saturated heterocycles. The monoisotopic (exact) mass is 262 g/mol. The average molecular weight is 262 g/mol. The number of carbonyl (C=O) groups is 2. The Morgan fingerprint density at radius 1 is 0.812 bits per heavy atom. The van der Waals surface area contributed by atoms with Crippen LogP contribution in [0.25, 0.3) is 0 Å². The third-order valence-electron chi connectivity index (χ3n) is 0.668. The van der Waals surface area contributed by atoms with Crippen molar-refractivity contribution in [2.75, 3.05) is 0 Å². The molecule has 4 nitrogen and oxygen atoms in total. The molecule has 0 saturated carbocycles. The van der Waals surface area contributed by atoms with Crippen LogP contribution in [0.3, 0.4) is 0 Å². The van der Waals surface area contributed by atoms with E-state index in [1.807, 2.05) is 0 Å². The Balaban J connectivity index is 0. The maximum atomic E-state index is 11.3. The van der Waals surface area contributed by atoms with Crippen molar-refractivity contribution >= 4 is 11.9 Å². The van der Waals surface area contributed by atoms with E-state index in [2.05, 4.69) is 9.47 Å². The first-order chi connectivity index (χ1) is 6.49. The van der Waals surface area contributed by atoms with E-state index in [0.29, 0.717) is 0 Å². The molecule has 11 heteroatoms. The second-order valence-electron chi connectivity index (χ2n) is 1.88. The Bertz CT molecular complexity index is 233. The Morgan fingerprint density at radius 3 is 1.25 bits per heavy atom. The number of esters is 2. The number of alkyl halides is 6. The predicted octanol–water partition coefficient (Wildman–Crippen LogP) is -1.68. The molecule has 88 valence electrons. The van der Waals surface area contributed by atoms with E-state index in [9.17, 15) is 35.9 Å². The van der Waals surface area contributed by atoms with Crippen LogP contribution in [0.4, 0.5) is 26.3 Å². The maximum absolute atomic E-state index is 11.3. The second-order valence-corrected chi connectivity index (χ2v) is 1.88. The van der Waals surface area contributed by atoms with Crippen molar-refractivity contribution in [3.8, 4) is 0 Å². The van der Waals surface area contributed by atoms with E-state index in [0.717, 1.165) is 0 Å². The van der Waals surface area contributed by atoms with Gasteiger partial charge in [0.25, 0.3) is 0 Å². The Kier molecular flexibility index (Phi) is 6.89. The van der Waals surface area contributed by atoms with E-state index in [1.54, 1.807) is 0 Å². The minimum atomic E-state index is -5.38. The van der Waals surface area contributed by atoms with Crippen molar-refractivity contribution in [3.05, 3.63) is 6.42 Å². The number of halogens is 6. The molecule has 16 heavy (non-hydrogen) atoms. The zero-order chi connectivity index (χ0) is 12.3. The molecular weight excluding hydrogens is 261 g/mol. The van der Waals surface area contributed by atoms with Crippen LogP contribution in [0.2, 0.25) is 0 Å². The largest absolute Gasteiger partial charge is 1.00 e. The second kappa shape index (κ2) is 6.21. The van der Waals surface area contributed by atoms with Gasteiger partial charge in [0, 0.05) is 0 Å². The molecule has 0 aliphatic heterocycles. The zero-order valence-corrected chi connectivity index (χ0v) is 9.48. The van der Waals surface area contributed by atoms with Crippen LogP contribution in [0.15, 0.2) is 0 Å². The summed E-state index contributed by atoms with van der Waals surface area (Å²) < 4.78 is 72.7. The minimum Gasteiger partial charge on any atom is -0.400 e. The molecule has 0 rings (SSSR count). The van der Waals surface area contributed by atoms with Crippen LogP contribution >= 0.6 is 0 Å². The van der Waals surface area contributed by atoms with Gasteiger partial charge in [0.05, 0.1) is 0 Å². The fourth-order valence-electron chi connectivity index (χ4n) is 0.383. The summed E-state index contributed by atoms with van der Waals surface area (Å²) in [5.41, 5.74) is 0. The molecule has 0 N–H and O–H groups in total. The molecule has 0 aliphatic carbocycles. The van der Waals surface area contributed by atoms with E-state index in [-0.39, 0.29) is 29.6 Å².